The maximum atomic E-state index is 15.7. The number of nitrogen functional groups attached to an aromatic ring is 1. The van der Waals surface area contributed by atoms with E-state index in [0.717, 1.165) is 19.4 Å². The van der Waals surface area contributed by atoms with Crippen molar-refractivity contribution in [3.63, 3.8) is 0 Å². The Labute approximate surface area is 228 Å². The molecule has 1 fully saturated rings. The fraction of sp³-hybridized carbons (Fsp3) is 0.241. The summed E-state index contributed by atoms with van der Waals surface area (Å²) in [7, 11) is 0. The molecule has 1 saturated heterocycles. The summed E-state index contributed by atoms with van der Waals surface area (Å²) in [5.74, 6) is -0.831. The summed E-state index contributed by atoms with van der Waals surface area (Å²) in [6, 6.07) is 15.1. The molecule has 1 aliphatic carbocycles. The number of hydrogen-bond acceptors (Lipinski definition) is 8. The molecule has 39 heavy (non-hydrogen) atoms. The molecule has 2 heterocycles. The number of thiophene rings is 1. The summed E-state index contributed by atoms with van der Waals surface area (Å²) >= 11 is 1.18. The van der Waals surface area contributed by atoms with E-state index in [4.69, 9.17) is 21.9 Å². The number of anilines is 1. The van der Waals surface area contributed by atoms with Gasteiger partial charge in [-0.05, 0) is 55.3 Å². The van der Waals surface area contributed by atoms with Gasteiger partial charge in [-0.1, -0.05) is 24.3 Å². The van der Waals surface area contributed by atoms with Crippen molar-refractivity contribution in [1.29, 1.82) is 0 Å². The largest absolute Gasteiger partial charge is 0.457 e. The number of ether oxygens (including phenoxy) is 1. The molecule has 0 spiro atoms. The Bertz CT molecular complexity index is 1600. The minimum Gasteiger partial charge on any atom is -0.457 e. The van der Waals surface area contributed by atoms with Gasteiger partial charge in [0.2, 0.25) is 0 Å². The van der Waals surface area contributed by atoms with Crippen LogP contribution in [0.3, 0.4) is 0 Å². The van der Waals surface area contributed by atoms with Gasteiger partial charge in [0.25, 0.3) is 5.91 Å². The van der Waals surface area contributed by atoms with E-state index in [9.17, 15) is 9.59 Å². The van der Waals surface area contributed by atoms with Crippen molar-refractivity contribution in [2.24, 2.45) is 11.5 Å². The van der Waals surface area contributed by atoms with Gasteiger partial charge in [0, 0.05) is 40.9 Å². The van der Waals surface area contributed by atoms with Crippen LogP contribution in [0.1, 0.15) is 45.2 Å². The Morgan fingerprint density at radius 3 is 2.59 bits per heavy atom. The van der Waals surface area contributed by atoms with Crippen LogP contribution in [0, 0.1) is 5.82 Å². The van der Waals surface area contributed by atoms with Crippen molar-refractivity contribution >= 4 is 38.8 Å². The zero-order valence-corrected chi connectivity index (χ0v) is 21.8. The minimum atomic E-state index is -1.89. The van der Waals surface area contributed by atoms with E-state index in [0.29, 0.717) is 44.1 Å². The smallest absolute Gasteiger partial charge is 0.262 e. The highest BCUT2D eigenvalue weighted by molar-refractivity contribution is 7.21. The number of nitrogens with two attached hydrogens (primary N) is 3. The lowest BCUT2D eigenvalue weighted by Gasteiger charge is -2.36. The molecule has 1 aromatic heterocycles. The number of benzene rings is 3. The van der Waals surface area contributed by atoms with Crippen molar-refractivity contribution < 1.29 is 18.7 Å². The van der Waals surface area contributed by atoms with Crippen LogP contribution in [-0.2, 0) is 10.3 Å². The van der Waals surface area contributed by atoms with E-state index < -0.39 is 23.2 Å². The number of nitrogens with one attached hydrogen (secondary N) is 2. The molecule has 1 amide bonds. The van der Waals surface area contributed by atoms with Crippen LogP contribution >= 0.6 is 11.3 Å². The molecular weight excluding hydrogens is 517 g/mol. The van der Waals surface area contributed by atoms with Gasteiger partial charge in [-0.25, -0.2) is 4.39 Å². The van der Waals surface area contributed by atoms with Gasteiger partial charge in [-0.3, -0.25) is 9.59 Å². The summed E-state index contributed by atoms with van der Waals surface area (Å²) in [6.45, 7) is 1.58. The van der Waals surface area contributed by atoms with Crippen LogP contribution in [0.25, 0.3) is 10.1 Å². The summed E-state index contributed by atoms with van der Waals surface area (Å²) in [5.41, 5.74) is 18.9. The highest BCUT2D eigenvalue weighted by Crippen LogP contribution is 2.50. The minimum absolute atomic E-state index is 0.0321. The molecule has 200 valence electrons. The number of halogens is 1. The van der Waals surface area contributed by atoms with Crippen molar-refractivity contribution in [3.8, 4) is 11.5 Å². The molecule has 0 radical (unpaired) electrons. The van der Waals surface area contributed by atoms with E-state index in [-0.39, 0.29) is 23.3 Å². The van der Waals surface area contributed by atoms with Crippen LogP contribution in [0.4, 0.5) is 10.1 Å². The lowest BCUT2D eigenvalue weighted by Crippen LogP contribution is -2.53. The summed E-state index contributed by atoms with van der Waals surface area (Å²) in [6.07, 6.45) is 1.81. The summed E-state index contributed by atoms with van der Waals surface area (Å²) in [5, 5.41) is 6.86. The first-order valence-corrected chi connectivity index (χ1v) is 13.6. The van der Waals surface area contributed by atoms with Crippen molar-refractivity contribution in [1.82, 2.24) is 10.6 Å². The first-order valence-electron chi connectivity index (χ1n) is 12.8. The zero-order chi connectivity index (χ0) is 27.3. The van der Waals surface area contributed by atoms with Gasteiger partial charge in [-0.15, -0.1) is 11.3 Å². The highest BCUT2D eigenvalue weighted by atomic mass is 32.1. The first-order chi connectivity index (χ1) is 18.8. The quantitative estimate of drug-likeness (QED) is 0.241. The van der Waals surface area contributed by atoms with E-state index in [1.807, 2.05) is 18.2 Å². The molecule has 2 aliphatic rings. The SMILES string of the molecule is Nc1ccc2c3c(c(C(=O)NC4CCCNC4)sc13)C(N)C(=O)C2(N)c1ccc(Oc2ccccc2)cc1F. The van der Waals surface area contributed by atoms with Gasteiger partial charge in [0.05, 0.1) is 15.6 Å². The number of hydrogen-bond donors (Lipinski definition) is 5. The average Bonchev–Trinajstić information content (AvgIpc) is 3.35. The average molecular weight is 546 g/mol. The van der Waals surface area contributed by atoms with Crippen molar-refractivity contribution in [2.75, 3.05) is 18.8 Å². The third kappa shape index (κ3) is 4.16. The van der Waals surface area contributed by atoms with E-state index in [2.05, 4.69) is 10.6 Å². The Morgan fingerprint density at radius 1 is 1.10 bits per heavy atom. The van der Waals surface area contributed by atoms with Gasteiger partial charge in [-0.2, -0.15) is 0 Å². The Hall–Kier alpha value is -3.83. The Balaban J connectivity index is 1.44. The Kier molecular flexibility index (Phi) is 6.35. The maximum absolute atomic E-state index is 15.7. The molecule has 1 aliphatic heterocycles. The fourth-order valence-corrected chi connectivity index (χ4v) is 6.76. The second kappa shape index (κ2) is 9.73. The van der Waals surface area contributed by atoms with Crippen molar-refractivity contribution in [3.05, 3.63) is 88.0 Å². The maximum Gasteiger partial charge on any atom is 0.262 e. The van der Waals surface area contributed by atoms with Gasteiger partial charge in [0.15, 0.2) is 5.78 Å². The van der Waals surface area contributed by atoms with Crippen LogP contribution in [0.15, 0.2) is 60.7 Å². The molecule has 0 bridgehead atoms. The third-order valence-corrected chi connectivity index (χ3v) is 8.75. The zero-order valence-electron chi connectivity index (χ0n) is 21.0. The van der Waals surface area contributed by atoms with E-state index in [1.54, 1.807) is 30.3 Å². The number of piperidine rings is 1. The predicted octanol–water partition coefficient (Wildman–Crippen LogP) is 3.68. The normalized spacial score (nSPS) is 22.6. The Morgan fingerprint density at radius 2 is 1.87 bits per heavy atom. The number of amides is 1. The second-order valence-corrected chi connectivity index (χ2v) is 11.0. The van der Waals surface area contributed by atoms with E-state index >= 15 is 4.39 Å². The second-order valence-electron chi connectivity index (χ2n) is 9.97. The lowest BCUT2D eigenvalue weighted by molar-refractivity contribution is -0.124. The molecular formula is C29H28FN5O3S. The van der Waals surface area contributed by atoms with Gasteiger partial charge >= 0.3 is 0 Å². The lowest BCUT2D eigenvalue weighted by atomic mass is 9.70. The number of Topliss-reactive ketones (excluding diaryl/α,β-unsaturated/α-hetero) is 1. The number of ketones is 1. The van der Waals surface area contributed by atoms with Crippen LogP contribution in [0.5, 0.6) is 11.5 Å². The standard InChI is InChI=1S/C29H28FN5O3S/c30-20-13-17(38-16-6-2-1-3-7-16)8-9-18(20)29(33)19-10-11-21(31)25-22(19)23(24(32)27(29)36)26(39-25)28(37)35-15-5-4-12-34-14-15/h1-3,6-11,13,15,24,34H,4-5,12,14,31-33H2,(H,35,37). The number of carbonyl (C=O) groups is 2. The summed E-state index contributed by atoms with van der Waals surface area (Å²) < 4.78 is 22.0. The van der Waals surface area contributed by atoms with Gasteiger partial charge < -0.3 is 32.6 Å². The van der Waals surface area contributed by atoms with Crippen LogP contribution in [-0.4, -0.2) is 30.8 Å². The number of carbonyl (C=O) groups excluding carboxylic acids is 2. The molecule has 6 rings (SSSR count). The molecule has 0 saturated carbocycles. The highest BCUT2D eigenvalue weighted by Gasteiger charge is 2.50. The van der Waals surface area contributed by atoms with Crippen LogP contribution in [0.2, 0.25) is 0 Å². The van der Waals surface area contributed by atoms with Crippen LogP contribution < -0.4 is 32.6 Å². The molecule has 3 aromatic carbocycles. The molecule has 3 atom stereocenters. The van der Waals surface area contributed by atoms with Gasteiger partial charge in [0.1, 0.15) is 22.9 Å². The molecule has 8 N–H and O–H groups in total. The first kappa shape index (κ1) is 25.4. The van der Waals surface area contributed by atoms with Crippen molar-refractivity contribution in [2.45, 2.75) is 30.5 Å². The van der Waals surface area contributed by atoms with E-state index in [1.165, 1.54) is 23.5 Å². The fourth-order valence-electron chi connectivity index (χ4n) is 5.56. The monoisotopic (exact) mass is 545 g/mol. The molecule has 8 nitrogen and oxygen atoms in total. The number of rotatable bonds is 5. The topological polar surface area (TPSA) is 145 Å². The molecule has 10 heteroatoms. The summed E-state index contributed by atoms with van der Waals surface area (Å²) in [4.78, 5) is 27.6. The molecule has 3 unspecified atom stereocenters. The predicted molar refractivity (Wildman–Crippen MR) is 149 cm³/mol. The third-order valence-electron chi connectivity index (χ3n) is 7.50. The molecule has 4 aromatic rings. The number of para-hydroxylation sites is 1.